The van der Waals surface area contributed by atoms with Gasteiger partial charge in [0.15, 0.2) is 0 Å². The highest BCUT2D eigenvalue weighted by Gasteiger charge is 2.22. The standard InChI is InChI=1S/C14H20O3/c1-11-6-7-13(17-11)10-16-14-5-3-2-4-12(14)8-9-15/h2-5,11,13,15H,6-10H2,1H3. The molecule has 94 valence electrons. The second-order valence-corrected chi connectivity index (χ2v) is 4.54. The Morgan fingerprint density at radius 1 is 1.35 bits per heavy atom. The molecule has 1 N–H and O–H groups in total. The summed E-state index contributed by atoms with van der Waals surface area (Å²) in [4.78, 5) is 0. The Kier molecular flexibility index (Phi) is 4.40. The van der Waals surface area contributed by atoms with Gasteiger partial charge in [0.25, 0.3) is 0 Å². The van der Waals surface area contributed by atoms with Crippen molar-refractivity contribution in [3.63, 3.8) is 0 Å². The first-order valence-corrected chi connectivity index (χ1v) is 6.26. The predicted octanol–water partition coefficient (Wildman–Crippen LogP) is 2.17. The van der Waals surface area contributed by atoms with E-state index in [1.165, 1.54) is 0 Å². The Hall–Kier alpha value is -1.06. The van der Waals surface area contributed by atoms with Crippen molar-refractivity contribution < 1.29 is 14.6 Å². The molecule has 2 rings (SSSR count). The van der Waals surface area contributed by atoms with Gasteiger partial charge in [0.05, 0.1) is 12.2 Å². The van der Waals surface area contributed by atoms with E-state index in [2.05, 4.69) is 6.92 Å². The van der Waals surface area contributed by atoms with Crippen molar-refractivity contribution in [2.45, 2.75) is 38.4 Å². The van der Waals surface area contributed by atoms with Crippen molar-refractivity contribution in [2.75, 3.05) is 13.2 Å². The molecule has 17 heavy (non-hydrogen) atoms. The molecule has 1 heterocycles. The summed E-state index contributed by atoms with van der Waals surface area (Å²) in [5.74, 6) is 0.865. The Bertz CT molecular complexity index is 351. The van der Waals surface area contributed by atoms with Crippen molar-refractivity contribution in [3.8, 4) is 5.75 Å². The largest absolute Gasteiger partial charge is 0.491 e. The molecule has 0 aromatic heterocycles. The fourth-order valence-electron chi connectivity index (χ4n) is 2.16. The highest BCUT2D eigenvalue weighted by atomic mass is 16.5. The lowest BCUT2D eigenvalue weighted by Gasteiger charge is -2.15. The van der Waals surface area contributed by atoms with Gasteiger partial charge in [-0.25, -0.2) is 0 Å². The van der Waals surface area contributed by atoms with Gasteiger partial charge in [-0.2, -0.15) is 0 Å². The van der Waals surface area contributed by atoms with E-state index in [1.54, 1.807) is 0 Å². The summed E-state index contributed by atoms with van der Waals surface area (Å²) in [5, 5.41) is 8.98. The Labute approximate surface area is 102 Å². The molecule has 0 bridgehead atoms. The highest BCUT2D eigenvalue weighted by Crippen LogP contribution is 2.22. The molecule has 0 radical (unpaired) electrons. The van der Waals surface area contributed by atoms with Gasteiger partial charge in [-0.15, -0.1) is 0 Å². The van der Waals surface area contributed by atoms with Gasteiger partial charge in [-0.3, -0.25) is 0 Å². The molecule has 0 saturated carbocycles. The van der Waals surface area contributed by atoms with Crippen LogP contribution >= 0.6 is 0 Å². The number of para-hydroxylation sites is 1. The third kappa shape index (κ3) is 3.45. The lowest BCUT2D eigenvalue weighted by atomic mass is 10.1. The van der Waals surface area contributed by atoms with Crippen molar-refractivity contribution in [3.05, 3.63) is 29.8 Å². The van der Waals surface area contributed by atoms with Crippen LogP contribution in [0.25, 0.3) is 0 Å². The number of aliphatic hydroxyl groups is 1. The normalized spacial score (nSPS) is 23.9. The maximum absolute atomic E-state index is 8.98. The topological polar surface area (TPSA) is 38.7 Å². The number of hydrogen-bond donors (Lipinski definition) is 1. The minimum absolute atomic E-state index is 0.150. The van der Waals surface area contributed by atoms with Crippen LogP contribution in [0.3, 0.4) is 0 Å². The van der Waals surface area contributed by atoms with Crippen molar-refractivity contribution in [2.24, 2.45) is 0 Å². The van der Waals surface area contributed by atoms with Crippen molar-refractivity contribution in [1.29, 1.82) is 0 Å². The van der Waals surface area contributed by atoms with E-state index < -0.39 is 0 Å². The SMILES string of the molecule is CC1CCC(COc2ccccc2CCO)O1. The number of hydrogen-bond acceptors (Lipinski definition) is 3. The quantitative estimate of drug-likeness (QED) is 0.851. The van der Waals surface area contributed by atoms with E-state index in [-0.39, 0.29) is 12.7 Å². The predicted molar refractivity (Wildman–Crippen MR) is 66.3 cm³/mol. The first-order valence-electron chi connectivity index (χ1n) is 6.26. The monoisotopic (exact) mass is 236 g/mol. The zero-order valence-electron chi connectivity index (χ0n) is 10.3. The van der Waals surface area contributed by atoms with Gasteiger partial charge < -0.3 is 14.6 Å². The maximum atomic E-state index is 8.98. The molecule has 1 aliphatic heterocycles. The van der Waals surface area contributed by atoms with Gasteiger partial charge >= 0.3 is 0 Å². The molecule has 1 aliphatic rings. The van der Waals surface area contributed by atoms with Crippen molar-refractivity contribution in [1.82, 2.24) is 0 Å². The highest BCUT2D eigenvalue weighted by molar-refractivity contribution is 5.33. The molecule has 1 aromatic carbocycles. The minimum atomic E-state index is 0.150. The number of rotatable bonds is 5. The van der Waals surface area contributed by atoms with Crippen LogP contribution in [-0.2, 0) is 11.2 Å². The van der Waals surface area contributed by atoms with Crippen LogP contribution in [0.5, 0.6) is 5.75 Å². The van der Waals surface area contributed by atoms with E-state index >= 15 is 0 Å². The summed E-state index contributed by atoms with van der Waals surface area (Å²) in [5.41, 5.74) is 1.06. The number of aliphatic hydroxyl groups excluding tert-OH is 1. The van der Waals surface area contributed by atoms with Gasteiger partial charge in [0.1, 0.15) is 12.4 Å². The van der Waals surface area contributed by atoms with Crippen LogP contribution in [0, 0.1) is 0 Å². The summed E-state index contributed by atoms with van der Waals surface area (Å²) >= 11 is 0. The number of benzene rings is 1. The third-order valence-electron chi connectivity index (χ3n) is 3.10. The van der Waals surface area contributed by atoms with Crippen LogP contribution in [-0.4, -0.2) is 30.5 Å². The zero-order valence-corrected chi connectivity index (χ0v) is 10.3. The molecule has 2 unspecified atom stereocenters. The van der Waals surface area contributed by atoms with Gasteiger partial charge in [-0.05, 0) is 37.8 Å². The van der Waals surface area contributed by atoms with E-state index in [0.29, 0.717) is 19.1 Å². The van der Waals surface area contributed by atoms with Gasteiger partial charge in [-0.1, -0.05) is 18.2 Å². The van der Waals surface area contributed by atoms with Crippen LogP contribution in [0.2, 0.25) is 0 Å². The molecule has 0 spiro atoms. The minimum Gasteiger partial charge on any atom is -0.491 e. The van der Waals surface area contributed by atoms with Gasteiger partial charge in [0.2, 0.25) is 0 Å². The second kappa shape index (κ2) is 6.03. The second-order valence-electron chi connectivity index (χ2n) is 4.54. The lowest BCUT2D eigenvalue weighted by molar-refractivity contribution is 0.0262. The Morgan fingerprint density at radius 3 is 2.88 bits per heavy atom. The molecule has 1 fully saturated rings. The van der Waals surface area contributed by atoms with Crippen LogP contribution in [0.1, 0.15) is 25.3 Å². The first-order chi connectivity index (χ1) is 8.29. The molecule has 1 saturated heterocycles. The van der Waals surface area contributed by atoms with E-state index in [1.807, 2.05) is 24.3 Å². The van der Waals surface area contributed by atoms with E-state index in [9.17, 15) is 0 Å². The molecule has 0 aliphatic carbocycles. The van der Waals surface area contributed by atoms with Crippen molar-refractivity contribution >= 4 is 0 Å². The molecule has 1 aromatic rings. The van der Waals surface area contributed by atoms with E-state index in [0.717, 1.165) is 24.2 Å². The molecule has 3 heteroatoms. The first kappa shape index (κ1) is 12.4. The summed E-state index contributed by atoms with van der Waals surface area (Å²) in [7, 11) is 0. The average Bonchev–Trinajstić information content (AvgIpc) is 2.74. The fraction of sp³-hybridized carbons (Fsp3) is 0.571. The smallest absolute Gasteiger partial charge is 0.122 e. The molecule has 3 nitrogen and oxygen atoms in total. The fourth-order valence-corrected chi connectivity index (χ4v) is 2.16. The Morgan fingerprint density at radius 2 is 2.18 bits per heavy atom. The van der Waals surface area contributed by atoms with Gasteiger partial charge in [0, 0.05) is 6.61 Å². The Balaban J connectivity index is 1.89. The summed E-state index contributed by atoms with van der Waals surface area (Å²) < 4.78 is 11.5. The summed E-state index contributed by atoms with van der Waals surface area (Å²) in [6.07, 6.45) is 3.40. The average molecular weight is 236 g/mol. The zero-order chi connectivity index (χ0) is 12.1. The third-order valence-corrected chi connectivity index (χ3v) is 3.10. The summed E-state index contributed by atoms with van der Waals surface area (Å²) in [6, 6.07) is 7.85. The van der Waals surface area contributed by atoms with Crippen LogP contribution < -0.4 is 4.74 Å². The number of ether oxygens (including phenoxy) is 2. The lowest BCUT2D eigenvalue weighted by Crippen LogP contribution is -2.18. The van der Waals surface area contributed by atoms with Crippen LogP contribution in [0.15, 0.2) is 24.3 Å². The molecule has 2 atom stereocenters. The summed E-state index contributed by atoms with van der Waals surface area (Å²) in [6.45, 7) is 2.85. The molecular formula is C14H20O3. The van der Waals surface area contributed by atoms with E-state index in [4.69, 9.17) is 14.6 Å². The van der Waals surface area contributed by atoms with Crippen LogP contribution in [0.4, 0.5) is 0 Å². The molecule has 0 amide bonds. The maximum Gasteiger partial charge on any atom is 0.122 e. The molecular weight excluding hydrogens is 216 g/mol.